The van der Waals surface area contributed by atoms with Crippen molar-refractivity contribution < 1.29 is 9.18 Å². The number of nitrogens with one attached hydrogen (secondary N) is 1. The van der Waals surface area contributed by atoms with Crippen LogP contribution in [0, 0.1) is 17.1 Å². The Bertz CT molecular complexity index is 1280. The molecule has 0 atom stereocenters. The van der Waals surface area contributed by atoms with Gasteiger partial charge in [-0.2, -0.15) is 5.26 Å². The van der Waals surface area contributed by atoms with Gasteiger partial charge in [-0.05, 0) is 42.5 Å². The average molecular weight is 442 g/mol. The minimum absolute atomic E-state index is 0.127. The predicted octanol–water partition coefficient (Wildman–Crippen LogP) is 6.53. The van der Waals surface area contributed by atoms with Crippen LogP contribution in [0.2, 0.25) is 10.0 Å². The van der Waals surface area contributed by atoms with E-state index >= 15 is 0 Å². The SMILES string of the molecule is N#Cc1ccc(C(=O)Nc2cc(-c3nc4ccccc4s3)c(Cl)cc2Cl)c(F)c1. The van der Waals surface area contributed by atoms with Gasteiger partial charge in [0.2, 0.25) is 0 Å². The maximum absolute atomic E-state index is 14.1. The van der Waals surface area contributed by atoms with E-state index in [-0.39, 0.29) is 21.8 Å². The summed E-state index contributed by atoms with van der Waals surface area (Å²) in [4.78, 5) is 17.1. The smallest absolute Gasteiger partial charge is 0.258 e. The van der Waals surface area contributed by atoms with Crippen LogP contribution in [0.3, 0.4) is 0 Å². The number of halogens is 3. The molecule has 4 aromatic rings. The Labute approximate surface area is 179 Å². The second kappa shape index (κ2) is 7.80. The Morgan fingerprint density at radius 3 is 2.62 bits per heavy atom. The maximum atomic E-state index is 14.1. The highest BCUT2D eigenvalue weighted by Gasteiger charge is 2.17. The maximum Gasteiger partial charge on any atom is 0.258 e. The molecular formula is C21H10Cl2FN3OS. The number of hydrogen-bond donors (Lipinski definition) is 1. The Kier molecular flexibility index (Phi) is 5.20. The third-order valence-electron chi connectivity index (χ3n) is 4.17. The summed E-state index contributed by atoms with van der Waals surface area (Å²) in [6, 6.07) is 16.2. The van der Waals surface area contributed by atoms with Crippen LogP contribution in [-0.4, -0.2) is 10.9 Å². The summed E-state index contributed by atoms with van der Waals surface area (Å²) < 4.78 is 15.1. The molecule has 0 aliphatic heterocycles. The van der Waals surface area contributed by atoms with E-state index in [9.17, 15) is 9.18 Å². The van der Waals surface area contributed by atoms with Crippen LogP contribution in [0.1, 0.15) is 15.9 Å². The number of para-hydroxylation sites is 1. The summed E-state index contributed by atoms with van der Waals surface area (Å²) in [6.45, 7) is 0. The molecule has 1 aromatic heterocycles. The van der Waals surface area contributed by atoms with Crippen molar-refractivity contribution in [3.8, 4) is 16.6 Å². The van der Waals surface area contributed by atoms with Crippen LogP contribution in [0.15, 0.2) is 54.6 Å². The fraction of sp³-hybridized carbons (Fsp3) is 0. The lowest BCUT2D eigenvalue weighted by atomic mass is 10.1. The van der Waals surface area contributed by atoms with E-state index in [0.29, 0.717) is 15.6 Å². The lowest BCUT2D eigenvalue weighted by molar-refractivity contribution is 0.102. The zero-order chi connectivity index (χ0) is 20.5. The second-order valence-electron chi connectivity index (χ2n) is 6.06. The van der Waals surface area contributed by atoms with Crippen molar-refractivity contribution in [2.24, 2.45) is 0 Å². The fourth-order valence-corrected chi connectivity index (χ4v) is 4.33. The molecule has 0 aliphatic rings. The first-order valence-electron chi connectivity index (χ1n) is 8.32. The van der Waals surface area contributed by atoms with Gasteiger partial charge in [0.1, 0.15) is 10.8 Å². The van der Waals surface area contributed by atoms with E-state index in [1.807, 2.05) is 30.3 Å². The van der Waals surface area contributed by atoms with Crippen molar-refractivity contribution in [2.45, 2.75) is 0 Å². The summed E-state index contributed by atoms with van der Waals surface area (Å²) in [7, 11) is 0. The Morgan fingerprint density at radius 1 is 1.10 bits per heavy atom. The Hall–Kier alpha value is -2.98. The van der Waals surface area contributed by atoms with E-state index in [2.05, 4.69) is 10.3 Å². The largest absolute Gasteiger partial charge is 0.321 e. The number of thiazole rings is 1. The molecule has 142 valence electrons. The third-order valence-corrected chi connectivity index (χ3v) is 5.87. The number of aromatic nitrogens is 1. The molecule has 3 aromatic carbocycles. The van der Waals surface area contributed by atoms with Crippen molar-refractivity contribution in [3.05, 3.63) is 81.6 Å². The molecule has 4 rings (SSSR count). The number of anilines is 1. The van der Waals surface area contributed by atoms with Gasteiger partial charge >= 0.3 is 0 Å². The predicted molar refractivity (Wildman–Crippen MR) is 114 cm³/mol. The van der Waals surface area contributed by atoms with Crippen molar-refractivity contribution in [1.29, 1.82) is 5.26 Å². The Balaban J connectivity index is 1.70. The molecule has 4 nitrogen and oxygen atoms in total. The topological polar surface area (TPSA) is 65.8 Å². The molecular weight excluding hydrogens is 432 g/mol. The van der Waals surface area contributed by atoms with Crippen molar-refractivity contribution >= 4 is 56.3 Å². The summed E-state index contributed by atoms with van der Waals surface area (Å²) in [5.41, 5.74) is 1.65. The standard InChI is InChI=1S/C21H10Cl2FN3OS/c22-14-9-15(23)18(26-20(28)12-6-5-11(10-25)7-16(12)24)8-13(14)21-27-17-3-1-2-4-19(17)29-21/h1-9H,(H,26,28). The minimum atomic E-state index is -0.793. The van der Waals surface area contributed by atoms with Crippen LogP contribution in [0.4, 0.5) is 10.1 Å². The zero-order valence-electron chi connectivity index (χ0n) is 14.5. The van der Waals surface area contributed by atoms with Crippen LogP contribution in [0.5, 0.6) is 0 Å². The molecule has 0 unspecified atom stereocenters. The molecule has 8 heteroatoms. The van der Waals surface area contributed by atoms with Crippen LogP contribution < -0.4 is 5.32 Å². The number of benzene rings is 3. The second-order valence-corrected chi connectivity index (χ2v) is 7.90. The van der Waals surface area contributed by atoms with Gasteiger partial charge < -0.3 is 5.32 Å². The number of nitriles is 1. The minimum Gasteiger partial charge on any atom is -0.321 e. The molecule has 0 radical (unpaired) electrons. The highest BCUT2D eigenvalue weighted by molar-refractivity contribution is 7.21. The van der Waals surface area contributed by atoms with Crippen molar-refractivity contribution in [1.82, 2.24) is 4.98 Å². The van der Waals surface area contributed by atoms with Gasteiger partial charge in [-0.3, -0.25) is 4.79 Å². The van der Waals surface area contributed by atoms with Crippen LogP contribution >= 0.6 is 34.5 Å². The van der Waals surface area contributed by atoms with E-state index < -0.39 is 11.7 Å². The highest BCUT2D eigenvalue weighted by atomic mass is 35.5. The number of carbonyl (C=O) groups excluding carboxylic acids is 1. The lowest BCUT2D eigenvalue weighted by Gasteiger charge is -2.11. The van der Waals surface area contributed by atoms with Gasteiger partial charge in [0.05, 0.1) is 43.1 Å². The normalized spacial score (nSPS) is 10.7. The number of carbonyl (C=O) groups is 1. The number of nitrogens with zero attached hydrogens (tertiary/aromatic N) is 2. The summed E-state index contributed by atoms with van der Waals surface area (Å²) in [5, 5.41) is 12.7. The molecule has 1 N–H and O–H groups in total. The molecule has 1 amide bonds. The highest BCUT2D eigenvalue weighted by Crippen LogP contribution is 2.39. The molecule has 1 heterocycles. The van der Waals surface area contributed by atoms with Gasteiger partial charge in [-0.15, -0.1) is 11.3 Å². The quantitative estimate of drug-likeness (QED) is 0.392. The van der Waals surface area contributed by atoms with Gasteiger partial charge in [0.25, 0.3) is 5.91 Å². The van der Waals surface area contributed by atoms with E-state index in [1.54, 1.807) is 6.07 Å². The van der Waals surface area contributed by atoms with E-state index in [1.165, 1.54) is 29.5 Å². The monoisotopic (exact) mass is 441 g/mol. The molecule has 0 saturated carbocycles. The first-order valence-corrected chi connectivity index (χ1v) is 9.89. The first kappa shape index (κ1) is 19.3. The number of fused-ring (bicyclic) bond motifs is 1. The first-order chi connectivity index (χ1) is 14.0. The fourth-order valence-electron chi connectivity index (χ4n) is 2.75. The number of amides is 1. The summed E-state index contributed by atoms with van der Waals surface area (Å²) in [6.07, 6.45) is 0. The zero-order valence-corrected chi connectivity index (χ0v) is 16.9. The van der Waals surface area contributed by atoms with E-state index in [0.717, 1.165) is 16.3 Å². The van der Waals surface area contributed by atoms with Gasteiger partial charge in [0.15, 0.2) is 0 Å². The number of rotatable bonds is 3. The average Bonchev–Trinajstić information content (AvgIpc) is 3.13. The summed E-state index contributed by atoms with van der Waals surface area (Å²) >= 11 is 14.0. The number of hydrogen-bond acceptors (Lipinski definition) is 4. The van der Waals surface area contributed by atoms with E-state index in [4.69, 9.17) is 28.5 Å². The third kappa shape index (κ3) is 3.81. The molecule has 0 saturated heterocycles. The molecule has 0 aliphatic carbocycles. The molecule has 0 bridgehead atoms. The molecule has 29 heavy (non-hydrogen) atoms. The van der Waals surface area contributed by atoms with Gasteiger partial charge in [-0.25, -0.2) is 9.37 Å². The van der Waals surface area contributed by atoms with Crippen LogP contribution in [-0.2, 0) is 0 Å². The summed E-state index contributed by atoms with van der Waals surface area (Å²) in [5.74, 6) is -1.48. The Morgan fingerprint density at radius 2 is 1.90 bits per heavy atom. The molecule has 0 fully saturated rings. The van der Waals surface area contributed by atoms with Crippen molar-refractivity contribution in [2.75, 3.05) is 5.32 Å². The van der Waals surface area contributed by atoms with Crippen molar-refractivity contribution in [3.63, 3.8) is 0 Å². The molecule has 0 spiro atoms. The van der Waals surface area contributed by atoms with Gasteiger partial charge in [-0.1, -0.05) is 35.3 Å². The van der Waals surface area contributed by atoms with Gasteiger partial charge in [0, 0.05) is 5.56 Å². The van der Waals surface area contributed by atoms with Crippen LogP contribution in [0.25, 0.3) is 20.8 Å². The lowest BCUT2D eigenvalue weighted by Crippen LogP contribution is -2.14.